The van der Waals surface area contributed by atoms with Gasteiger partial charge in [0.2, 0.25) is 0 Å². The van der Waals surface area contributed by atoms with Crippen molar-refractivity contribution in [2.75, 3.05) is 0 Å². The highest BCUT2D eigenvalue weighted by atomic mass is 16.6. The number of carbonyl (C=O) groups is 2. The Kier molecular flexibility index (Phi) is 7.68. The summed E-state index contributed by atoms with van der Waals surface area (Å²) >= 11 is 0. The van der Waals surface area contributed by atoms with Crippen molar-refractivity contribution in [1.29, 1.82) is 0 Å². The van der Waals surface area contributed by atoms with Gasteiger partial charge in [0.15, 0.2) is 0 Å². The lowest BCUT2D eigenvalue weighted by molar-refractivity contribution is -0.206. The molecule has 1 amide bonds. The summed E-state index contributed by atoms with van der Waals surface area (Å²) in [6.45, 7) is 11.7. The van der Waals surface area contributed by atoms with Crippen molar-refractivity contribution < 1.29 is 39.5 Å². The minimum absolute atomic E-state index is 0.164. The van der Waals surface area contributed by atoms with Crippen LogP contribution in [0.1, 0.15) is 61.3 Å². The molecule has 2 saturated heterocycles. The van der Waals surface area contributed by atoms with Crippen molar-refractivity contribution >= 4 is 12.1 Å². The molecule has 2 aliphatic rings. The van der Waals surface area contributed by atoms with Crippen molar-refractivity contribution in [2.24, 2.45) is 23.7 Å². The van der Waals surface area contributed by atoms with Gasteiger partial charge < -0.3 is 35.2 Å². The molecule has 0 saturated carbocycles. The van der Waals surface area contributed by atoms with Gasteiger partial charge in [0.1, 0.15) is 17.8 Å². The van der Waals surface area contributed by atoms with Gasteiger partial charge in [-0.05, 0) is 39.5 Å². The quantitative estimate of drug-likeness (QED) is 0.364. The first-order valence-electron chi connectivity index (χ1n) is 11.1. The van der Waals surface area contributed by atoms with Gasteiger partial charge in [-0.1, -0.05) is 27.7 Å². The molecule has 9 heteroatoms. The summed E-state index contributed by atoms with van der Waals surface area (Å²) in [6, 6.07) is -0.466. The van der Waals surface area contributed by atoms with E-state index in [2.05, 4.69) is 5.32 Å². The SMILES string of the molecule is CC[C@@H](O)[C@@](C)(O)[C@@H]1OC(=O)NC([C@H](C)C[C@@](C)(O)[C@@H]2OC(=O)[C@H](C)C(O)[C@@H]2C)[C@@H]1C. The van der Waals surface area contributed by atoms with E-state index in [4.69, 9.17) is 9.47 Å². The maximum absolute atomic E-state index is 12.2. The Morgan fingerprint density at radius 3 is 2.19 bits per heavy atom. The number of nitrogens with one attached hydrogen (secondary N) is 1. The fourth-order valence-corrected chi connectivity index (χ4v) is 5.33. The lowest BCUT2D eigenvalue weighted by atomic mass is 9.72. The van der Waals surface area contributed by atoms with Crippen LogP contribution in [0.4, 0.5) is 4.79 Å². The highest BCUT2D eigenvalue weighted by molar-refractivity contribution is 5.74. The molecular formula is C22H39NO8. The third-order valence-electron chi connectivity index (χ3n) is 7.30. The standard InChI is InChI=1S/C22H39NO8/c1-8-14(24)22(7,29)18-11(3)15(23-20(27)31-18)10(2)9-21(6,28)17-12(4)16(25)13(5)19(26)30-17/h10-18,24-25,28-29H,8-9H2,1-7H3,(H,23,27)/t10-,11+,12+,13-,14-,15?,16?,17-,18-,21-,22-/m1/s1. The number of cyclic esters (lactones) is 2. The smallest absolute Gasteiger partial charge is 0.407 e. The fraction of sp³-hybridized carbons (Fsp3) is 0.909. The predicted octanol–water partition coefficient (Wildman–Crippen LogP) is 0.957. The number of aliphatic hydroxyl groups excluding tert-OH is 2. The van der Waals surface area contributed by atoms with E-state index in [0.717, 1.165) is 0 Å². The molecule has 0 aromatic heterocycles. The maximum atomic E-state index is 12.2. The molecule has 0 radical (unpaired) electrons. The van der Waals surface area contributed by atoms with E-state index in [-0.39, 0.29) is 18.3 Å². The molecule has 2 rings (SSSR count). The summed E-state index contributed by atoms with van der Waals surface area (Å²) in [6.07, 6.45) is -4.09. The van der Waals surface area contributed by atoms with E-state index in [1.807, 2.05) is 13.8 Å². The van der Waals surface area contributed by atoms with Gasteiger partial charge in [-0.25, -0.2) is 4.79 Å². The maximum Gasteiger partial charge on any atom is 0.407 e. The molecule has 0 aromatic carbocycles. The number of aliphatic hydroxyl groups is 4. The minimum Gasteiger partial charge on any atom is -0.459 e. The van der Waals surface area contributed by atoms with Crippen molar-refractivity contribution in [2.45, 2.75) is 103 Å². The summed E-state index contributed by atoms with van der Waals surface area (Å²) in [4.78, 5) is 24.4. The highest BCUT2D eigenvalue weighted by Gasteiger charge is 2.52. The second kappa shape index (κ2) is 9.21. The Morgan fingerprint density at radius 1 is 1.06 bits per heavy atom. The number of amides is 1. The second-order valence-electron chi connectivity index (χ2n) is 10.0. The minimum atomic E-state index is -1.64. The molecule has 2 heterocycles. The summed E-state index contributed by atoms with van der Waals surface area (Å²) < 4.78 is 10.8. The molecule has 0 aromatic rings. The first-order valence-corrected chi connectivity index (χ1v) is 11.1. The Labute approximate surface area is 184 Å². The van der Waals surface area contributed by atoms with Gasteiger partial charge in [0.25, 0.3) is 0 Å². The van der Waals surface area contributed by atoms with Crippen LogP contribution in [-0.2, 0) is 14.3 Å². The van der Waals surface area contributed by atoms with Gasteiger partial charge in [-0.15, -0.1) is 0 Å². The zero-order valence-electron chi connectivity index (χ0n) is 19.5. The molecule has 5 N–H and O–H groups in total. The lowest BCUT2D eigenvalue weighted by Crippen LogP contribution is -2.64. The number of rotatable bonds is 7. The summed E-state index contributed by atoms with van der Waals surface area (Å²) in [5.74, 6) is -2.36. The third-order valence-corrected chi connectivity index (χ3v) is 7.30. The highest BCUT2D eigenvalue weighted by Crippen LogP contribution is 2.39. The molecular weight excluding hydrogens is 406 g/mol. The second-order valence-corrected chi connectivity index (χ2v) is 10.0. The number of esters is 1. The van der Waals surface area contributed by atoms with Crippen LogP contribution in [0.25, 0.3) is 0 Å². The third kappa shape index (κ3) is 4.99. The van der Waals surface area contributed by atoms with Crippen molar-refractivity contribution in [3.05, 3.63) is 0 Å². The average molecular weight is 446 g/mol. The van der Waals surface area contributed by atoms with E-state index in [1.165, 1.54) is 6.92 Å². The molecule has 9 nitrogen and oxygen atoms in total. The summed E-state index contributed by atoms with van der Waals surface area (Å²) in [7, 11) is 0. The average Bonchev–Trinajstić information content (AvgIpc) is 2.68. The Morgan fingerprint density at radius 2 is 1.65 bits per heavy atom. The van der Waals surface area contributed by atoms with Gasteiger partial charge >= 0.3 is 12.1 Å². The zero-order valence-corrected chi connectivity index (χ0v) is 19.5. The first kappa shape index (κ1) is 25.8. The zero-order chi connectivity index (χ0) is 23.9. The molecule has 2 fully saturated rings. The monoisotopic (exact) mass is 445 g/mol. The Balaban J connectivity index is 2.20. The van der Waals surface area contributed by atoms with E-state index < -0.39 is 65.6 Å². The van der Waals surface area contributed by atoms with Crippen molar-refractivity contribution in [3.8, 4) is 0 Å². The molecule has 2 unspecified atom stereocenters. The lowest BCUT2D eigenvalue weighted by Gasteiger charge is -2.48. The van der Waals surface area contributed by atoms with Gasteiger partial charge in [-0.2, -0.15) is 0 Å². The van der Waals surface area contributed by atoms with E-state index in [1.54, 1.807) is 27.7 Å². The number of ether oxygens (including phenoxy) is 2. The van der Waals surface area contributed by atoms with Crippen LogP contribution in [-0.4, -0.2) is 74.1 Å². The van der Waals surface area contributed by atoms with E-state index in [9.17, 15) is 30.0 Å². The van der Waals surface area contributed by atoms with Crippen LogP contribution in [0.5, 0.6) is 0 Å². The number of hydrogen-bond donors (Lipinski definition) is 5. The largest absolute Gasteiger partial charge is 0.459 e. The fourth-order valence-electron chi connectivity index (χ4n) is 5.33. The summed E-state index contributed by atoms with van der Waals surface area (Å²) in [5.41, 5.74) is -3.10. The predicted molar refractivity (Wildman–Crippen MR) is 112 cm³/mol. The number of hydrogen-bond acceptors (Lipinski definition) is 8. The molecule has 0 bridgehead atoms. The van der Waals surface area contributed by atoms with Gasteiger partial charge in [0.05, 0.1) is 23.7 Å². The molecule has 0 aliphatic carbocycles. The van der Waals surface area contributed by atoms with Gasteiger partial charge in [-0.3, -0.25) is 4.79 Å². The van der Waals surface area contributed by atoms with E-state index >= 15 is 0 Å². The molecule has 0 spiro atoms. The van der Waals surface area contributed by atoms with Crippen LogP contribution in [0.2, 0.25) is 0 Å². The Hall–Kier alpha value is -1.42. The normalized spacial score (nSPS) is 39.9. The molecule has 180 valence electrons. The summed E-state index contributed by atoms with van der Waals surface area (Å²) in [5, 5.41) is 45.5. The molecule has 11 atom stereocenters. The Bertz CT molecular complexity index is 666. The van der Waals surface area contributed by atoms with E-state index in [0.29, 0.717) is 6.42 Å². The van der Waals surface area contributed by atoms with Crippen LogP contribution in [0, 0.1) is 23.7 Å². The van der Waals surface area contributed by atoms with Crippen molar-refractivity contribution in [1.82, 2.24) is 5.32 Å². The van der Waals surface area contributed by atoms with Crippen LogP contribution in [0.15, 0.2) is 0 Å². The number of alkyl carbamates (subject to hydrolysis) is 1. The van der Waals surface area contributed by atoms with Crippen LogP contribution >= 0.6 is 0 Å². The van der Waals surface area contributed by atoms with Gasteiger partial charge in [0, 0.05) is 17.9 Å². The van der Waals surface area contributed by atoms with Crippen LogP contribution < -0.4 is 5.32 Å². The van der Waals surface area contributed by atoms with Crippen molar-refractivity contribution in [3.63, 3.8) is 0 Å². The first-order chi connectivity index (χ1) is 14.1. The number of carbonyl (C=O) groups excluding carboxylic acids is 2. The topological polar surface area (TPSA) is 146 Å². The van der Waals surface area contributed by atoms with Crippen LogP contribution in [0.3, 0.4) is 0 Å². The molecule has 31 heavy (non-hydrogen) atoms. The molecule has 2 aliphatic heterocycles.